The Kier molecular flexibility index (Phi) is 12.4. The third-order valence-electron chi connectivity index (χ3n) is 5.89. The van der Waals surface area contributed by atoms with Gasteiger partial charge < -0.3 is 29.4 Å². The molecule has 2 amide bonds. The van der Waals surface area contributed by atoms with Gasteiger partial charge in [0.25, 0.3) is 5.91 Å². The average molecular weight is 540 g/mol. The van der Waals surface area contributed by atoms with Crippen LogP contribution >= 0.6 is 0 Å². The molecule has 10 heteroatoms. The Morgan fingerprint density at radius 2 is 1.97 bits per heavy atom. The highest BCUT2D eigenvalue weighted by Crippen LogP contribution is 2.28. The summed E-state index contributed by atoms with van der Waals surface area (Å²) >= 11 is 0. The number of allylic oxidation sites excluding steroid dienone is 4. The number of nitrogens with zero attached hydrogens (tertiary/aromatic N) is 4. The van der Waals surface area contributed by atoms with Crippen molar-refractivity contribution in [3.8, 4) is 5.75 Å². The summed E-state index contributed by atoms with van der Waals surface area (Å²) in [4.78, 5) is 26.8. The first-order valence-electron chi connectivity index (χ1n) is 13.2. The minimum Gasteiger partial charge on any atom is -0.496 e. The van der Waals surface area contributed by atoms with E-state index < -0.39 is 0 Å². The Labute approximate surface area is 231 Å². The van der Waals surface area contributed by atoms with Crippen molar-refractivity contribution in [3.63, 3.8) is 0 Å². The highest BCUT2D eigenvalue weighted by molar-refractivity contribution is 5.98. The fourth-order valence-corrected chi connectivity index (χ4v) is 3.88. The zero-order valence-electron chi connectivity index (χ0n) is 23.9. The lowest BCUT2D eigenvalue weighted by molar-refractivity contribution is 0.0964. The number of aliphatic hydroxyl groups is 1. The summed E-state index contributed by atoms with van der Waals surface area (Å²) in [5.74, 6) is 0.738. The number of ether oxygens (including phenoxy) is 2. The number of nitrogens with one attached hydrogen (secondary N) is 1. The maximum Gasteiger partial charge on any atom is 0.410 e. The molecule has 3 rings (SSSR count). The molecule has 0 aliphatic carbocycles. The summed E-state index contributed by atoms with van der Waals surface area (Å²) in [5.41, 5.74) is 3.50. The number of rotatable bonds is 9. The largest absolute Gasteiger partial charge is 0.496 e. The molecule has 0 saturated heterocycles. The minimum atomic E-state index is -0.366. The molecule has 1 atom stereocenters. The Morgan fingerprint density at radius 1 is 1.26 bits per heavy atom. The molecule has 1 aliphatic heterocycles. The lowest BCUT2D eigenvalue weighted by Crippen LogP contribution is -2.36. The lowest BCUT2D eigenvalue weighted by Gasteiger charge is -2.28. The molecule has 0 fully saturated rings. The number of methoxy groups -OCH3 is 1. The van der Waals surface area contributed by atoms with Crippen molar-refractivity contribution in [3.05, 3.63) is 71.5 Å². The van der Waals surface area contributed by atoms with Gasteiger partial charge in [-0.15, -0.1) is 10.2 Å². The van der Waals surface area contributed by atoms with Crippen LogP contribution in [0.5, 0.6) is 5.75 Å². The van der Waals surface area contributed by atoms with Gasteiger partial charge in [0.2, 0.25) is 0 Å². The van der Waals surface area contributed by atoms with Crippen LogP contribution < -0.4 is 10.1 Å². The molecule has 2 heterocycles. The highest BCUT2D eigenvalue weighted by atomic mass is 16.6. The number of hydrogen-bond donors (Lipinski definition) is 2. The van der Waals surface area contributed by atoms with E-state index in [4.69, 9.17) is 9.47 Å². The van der Waals surface area contributed by atoms with Gasteiger partial charge in [-0.05, 0) is 62.1 Å². The molecule has 2 aromatic rings. The van der Waals surface area contributed by atoms with Crippen LogP contribution in [-0.4, -0.2) is 63.6 Å². The first kappa shape index (κ1) is 31.3. The molecule has 212 valence electrons. The highest BCUT2D eigenvalue weighted by Gasteiger charge is 2.25. The van der Waals surface area contributed by atoms with Crippen molar-refractivity contribution >= 4 is 17.6 Å². The van der Waals surface area contributed by atoms with Gasteiger partial charge in [-0.25, -0.2) is 4.79 Å². The fraction of sp³-hybridized carbons (Fsp3) is 0.448. The summed E-state index contributed by atoms with van der Waals surface area (Å²) in [6.07, 6.45) is 8.36. The van der Waals surface area contributed by atoms with Crippen molar-refractivity contribution in [1.29, 1.82) is 0 Å². The Hall–Kier alpha value is -3.92. The molecule has 2 N–H and O–H groups in total. The van der Waals surface area contributed by atoms with E-state index in [1.54, 1.807) is 40.9 Å². The number of carbonyl (C=O) groups is 2. The second-order valence-corrected chi connectivity index (χ2v) is 9.18. The standard InChI is InChI=1S/C26H33N5O5.C3H8/c1-6-36-26(34)30-11-10-20-13-23(35-5)22(12-21(20)14-30)25(33)28-18(3)9-7-8-17(2)24-29-27-16-31(24)19(4)15-32;1-3-2/h7-9,12-13,16,19,32H,3,6,10-11,14-15H2,1-2,4-5H3,(H,28,33);3H2,1-2H3/b9-7-,17-8+;. The quantitative estimate of drug-likeness (QED) is 0.444. The maximum absolute atomic E-state index is 13.0. The van der Waals surface area contributed by atoms with Crippen LogP contribution in [0.25, 0.3) is 5.57 Å². The Balaban J connectivity index is 0.00000170. The summed E-state index contributed by atoms with van der Waals surface area (Å²) in [5, 5.41) is 20.2. The van der Waals surface area contributed by atoms with Crippen molar-refractivity contribution in [2.45, 2.75) is 60.0 Å². The van der Waals surface area contributed by atoms with Gasteiger partial charge in [-0.2, -0.15) is 0 Å². The Bertz CT molecular complexity index is 1200. The minimum absolute atomic E-state index is 0.0238. The van der Waals surface area contributed by atoms with Gasteiger partial charge in [-0.3, -0.25) is 4.79 Å². The molecule has 1 aliphatic rings. The van der Waals surface area contributed by atoms with Gasteiger partial charge >= 0.3 is 6.09 Å². The zero-order chi connectivity index (χ0) is 28.9. The maximum atomic E-state index is 13.0. The molecule has 39 heavy (non-hydrogen) atoms. The van der Waals surface area contributed by atoms with E-state index in [0.29, 0.717) is 49.0 Å². The van der Waals surface area contributed by atoms with Crippen molar-refractivity contribution in [1.82, 2.24) is 25.0 Å². The fourth-order valence-electron chi connectivity index (χ4n) is 3.88. The summed E-state index contributed by atoms with van der Waals surface area (Å²) in [6, 6.07) is 3.46. The van der Waals surface area contributed by atoms with Crippen LogP contribution in [0.3, 0.4) is 0 Å². The molecular formula is C29H41N5O5. The average Bonchev–Trinajstić information content (AvgIpc) is 3.42. The van der Waals surface area contributed by atoms with E-state index in [1.165, 1.54) is 13.5 Å². The molecule has 10 nitrogen and oxygen atoms in total. The number of aromatic nitrogens is 3. The van der Waals surface area contributed by atoms with Gasteiger partial charge in [0.15, 0.2) is 5.82 Å². The van der Waals surface area contributed by atoms with Crippen LogP contribution in [0, 0.1) is 0 Å². The van der Waals surface area contributed by atoms with Crippen LogP contribution in [0.4, 0.5) is 4.79 Å². The van der Waals surface area contributed by atoms with E-state index in [9.17, 15) is 14.7 Å². The lowest BCUT2D eigenvalue weighted by atomic mass is 9.96. The number of benzene rings is 1. The molecule has 0 radical (unpaired) electrons. The van der Waals surface area contributed by atoms with Gasteiger partial charge in [0.05, 0.1) is 31.9 Å². The molecule has 1 aromatic heterocycles. The molecule has 1 aromatic carbocycles. The van der Waals surface area contributed by atoms with Crippen molar-refractivity contribution in [2.24, 2.45) is 0 Å². The predicted octanol–water partition coefficient (Wildman–Crippen LogP) is 4.67. The molecule has 1 unspecified atom stereocenters. The number of aliphatic hydroxyl groups excluding tert-OH is 1. The van der Waals surface area contributed by atoms with E-state index in [0.717, 1.165) is 16.7 Å². The van der Waals surface area contributed by atoms with E-state index in [1.807, 2.05) is 26.0 Å². The van der Waals surface area contributed by atoms with E-state index in [2.05, 4.69) is 35.9 Å². The third-order valence-corrected chi connectivity index (χ3v) is 5.89. The zero-order valence-corrected chi connectivity index (χ0v) is 23.9. The van der Waals surface area contributed by atoms with Crippen molar-refractivity contribution < 1.29 is 24.2 Å². The topological polar surface area (TPSA) is 119 Å². The molecule has 0 saturated carbocycles. The van der Waals surface area contributed by atoms with Crippen LogP contribution in [0.2, 0.25) is 0 Å². The SMILES string of the molecule is C=C(/C=C\C=C(/C)c1nncn1C(C)CO)NC(=O)c1cc2c(cc1OC)CCN(C(=O)OCC)C2.CCC. The van der Waals surface area contributed by atoms with Crippen LogP contribution in [0.15, 0.2) is 49.0 Å². The summed E-state index contributed by atoms with van der Waals surface area (Å²) < 4.78 is 12.4. The van der Waals surface area contributed by atoms with Gasteiger partial charge in [0, 0.05) is 18.8 Å². The number of amides is 2. The monoisotopic (exact) mass is 539 g/mol. The smallest absolute Gasteiger partial charge is 0.410 e. The normalized spacial score (nSPS) is 13.7. The van der Waals surface area contributed by atoms with E-state index >= 15 is 0 Å². The Morgan fingerprint density at radius 3 is 2.62 bits per heavy atom. The first-order valence-corrected chi connectivity index (χ1v) is 13.2. The summed E-state index contributed by atoms with van der Waals surface area (Å²) in [7, 11) is 1.52. The number of fused-ring (bicyclic) bond motifs is 1. The number of hydrogen-bond acceptors (Lipinski definition) is 7. The summed E-state index contributed by atoms with van der Waals surface area (Å²) in [6.45, 7) is 14.9. The van der Waals surface area contributed by atoms with Gasteiger partial charge in [-0.1, -0.05) is 39.0 Å². The van der Waals surface area contributed by atoms with Gasteiger partial charge in [0.1, 0.15) is 12.1 Å². The first-order chi connectivity index (χ1) is 18.7. The van der Waals surface area contributed by atoms with Crippen LogP contribution in [-0.2, 0) is 17.7 Å². The van der Waals surface area contributed by atoms with Crippen molar-refractivity contribution in [2.75, 3.05) is 26.9 Å². The van der Waals surface area contributed by atoms with E-state index in [-0.39, 0.29) is 24.6 Å². The van der Waals surface area contributed by atoms with Crippen LogP contribution in [0.1, 0.15) is 74.4 Å². The number of carbonyl (C=O) groups excluding carboxylic acids is 2. The second kappa shape index (κ2) is 15.5. The molecular weight excluding hydrogens is 498 g/mol. The molecule has 0 bridgehead atoms. The predicted molar refractivity (Wildman–Crippen MR) is 151 cm³/mol. The molecule has 0 spiro atoms. The third kappa shape index (κ3) is 8.54. The second-order valence-electron chi connectivity index (χ2n) is 9.18.